The predicted octanol–water partition coefficient (Wildman–Crippen LogP) is 27.0. The van der Waals surface area contributed by atoms with Crippen LogP contribution in [-0.2, 0) is 0 Å². The van der Waals surface area contributed by atoms with Crippen molar-refractivity contribution in [1.82, 2.24) is 70.6 Å². The highest BCUT2D eigenvalue weighted by molar-refractivity contribution is 5.63. The largest absolute Gasteiger partial charge is 0.369 e. The van der Waals surface area contributed by atoms with Gasteiger partial charge in [0, 0.05) is 171 Å². The molecular weight excluding hydrogens is 1780 g/mol. The van der Waals surface area contributed by atoms with Crippen molar-refractivity contribution in [2.24, 2.45) is 97.1 Å². The van der Waals surface area contributed by atoms with Gasteiger partial charge in [0.15, 0.2) is 0 Å². The summed E-state index contributed by atoms with van der Waals surface area (Å²) in [6.45, 7) is 111. The van der Waals surface area contributed by atoms with Crippen molar-refractivity contribution in [1.29, 1.82) is 0 Å². The van der Waals surface area contributed by atoms with Crippen LogP contribution in [0.5, 0.6) is 0 Å². The number of piperidine rings is 2. The van der Waals surface area contributed by atoms with Crippen LogP contribution in [0.15, 0.2) is 134 Å². The molecule has 14 aliphatic heterocycles. The van der Waals surface area contributed by atoms with Gasteiger partial charge in [0.2, 0.25) is 0 Å². The molecule has 6 aromatic rings. The number of rotatable bonds is 5. The summed E-state index contributed by atoms with van der Waals surface area (Å²) in [5.74, 6) is 9.72. The summed E-state index contributed by atoms with van der Waals surface area (Å²) in [4.78, 5) is 35.5. The summed E-state index contributed by atoms with van der Waals surface area (Å²) in [6, 6.07) is 42.2. The molecular formula is C127H208N18. The molecule has 20 rings (SSSR count). The second-order valence-electron chi connectivity index (χ2n) is 61.7. The van der Waals surface area contributed by atoms with E-state index in [1.54, 1.807) is 0 Å². The lowest BCUT2D eigenvalue weighted by molar-refractivity contribution is -0.00449. The van der Waals surface area contributed by atoms with E-state index in [4.69, 9.17) is 15.0 Å². The van der Waals surface area contributed by atoms with Gasteiger partial charge in [-0.1, -0.05) is 248 Å². The highest BCUT2D eigenvalue weighted by atomic mass is 15.4. The number of likely N-dealkylation sites (tertiary alicyclic amines) is 6. The number of hydrogen-bond donors (Lipinski definition) is 8. The Morgan fingerprint density at radius 2 is 0.641 bits per heavy atom. The van der Waals surface area contributed by atoms with Crippen molar-refractivity contribution in [3.05, 3.63) is 168 Å². The molecule has 2 aromatic carbocycles. The Morgan fingerprint density at radius 1 is 0.297 bits per heavy atom. The Kier molecular flexibility index (Phi) is 31.4. The molecule has 0 amide bonds. The highest BCUT2D eigenvalue weighted by Crippen LogP contribution is 2.66. The molecule has 28 unspecified atom stereocenters. The highest BCUT2D eigenvalue weighted by Gasteiger charge is 2.69. The van der Waals surface area contributed by atoms with Crippen molar-refractivity contribution in [2.75, 3.05) is 40.9 Å². The number of nitrogens with one attached hydrogen (secondary N) is 8. The summed E-state index contributed by atoms with van der Waals surface area (Å²) < 4.78 is 0. The third kappa shape index (κ3) is 21.8. The molecule has 806 valence electrons. The second-order valence-corrected chi connectivity index (χ2v) is 61.7. The molecule has 28 atom stereocenters. The average Bonchev–Trinajstić information content (AvgIpc) is 1.52. The molecule has 0 spiro atoms. The number of aromatic nitrogens is 4. The van der Waals surface area contributed by atoms with Crippen LogP contribution in [0.2, 0.25) is 0 Å². The molecule has 18 nitrogen and oxygen atoms in total. The topological polar surface area (TPSA) is 167 Å². The minimum atomic E-state index is 0.0689. The first-order chi connectivity index (χ1) is 66.8. The van der Waals surface area contributed by atoms with Gasteiger partial charge in [0.05, 0.1) is 71.1 Å². The number of hydrogen-bond acceptors (Lipinski definition) is 18. The summed E-state index contributed by atoms with van der Waals surface area (Å²) in [6.07, 6.45) is 16.2. The number of anilines is 4. The molecule has 0 radical (unpaired) electrons. The lowest BCUT2D eigenvalue weighted by Crippen LogP contribution is -2.59. The number of pyridine rings is 4. The monoisotopic (exact) mass is 1990 g/mol. The van der Waals surface area contributed by atoms with Crippen molar-refractivity contribution in [2.45, 2.75) is 491 Å². The Balaban J connectivity index is 0.000000131. The lowest BCUT2D eigenvalue weighted by atomic mass is 9.64. The van der Waals surface area contributed by atoms with E-state index in [1.807, 2.05) is 43.0 Å². The van der Waals surface area contributed by atoms with Crippen molar-refractivity contribution >= 4 is 22.7 Å². The van der Waals surface area contributed by atoms with Gasteiger partial charge in [0.1, 0.15) is 0 Å². The standard InChI is InChI=1S/2C23H31N3.C21H35N3.2C20H39N3.C20H33N3/c1-22(2,3)20-17(15-11-8-7-9-12-15)18-19-16(13-10-14-24-19)25-21(18)26(20)23(4,5)6;1-22(2,3)20-18(15-10-8-7-9-11-15)19-16-14-24-13-12-17(16)25-21(19)26(20)23(4,5)6;1-19(2,3)15-14-16-13(11-10-12-22-16)23-18(14)24(21(7,8)9)17(15)20(4,5)6;1-12(2)15-16-13-11-21-10-9-14(13)22-18(16)23(20(6,7)8)17(15)19(3,4)5;2*1-12(2)14-15-16-13(10-9-11-21-16)22-18(15)23(20(6,7)8)17(14)19(3,4)5/h7-14,17-18,20-21,25H,1-6H3;7-14,18-21,25H,1-6H3;10-12,14-15,17-18,23H,1-9H3;2*12-18,21-22H,9-11H2,1-8H3;9-12,14-15,17-18,22H,1-8H3. The van der Waals surface area contributed by atoms with Gasteiger partial charge in [-0.05, 0) is 308 Å². The Morgan fingerprint density at radius 3 is 1.06 bits per heavy atom. The van der Waals surface area contributed by atoms with E-state index >= 15 is 0 Å². The maximum Gasteiger partial charge on any atom is 0.0893 e. The van der Waals surface area contributed by atoms with Gasteiger partial charge in [-0.15, -0.1) is 0 Å². The van der Waals surface area contributed by atoms with E-state index < -0.39 is 0 Å². The Hall–Kier alpha value is -6.16. The van der Waals surface area contributed by atoms with Crippen LogP contribution in [0.25, 0.3) is 0 Å². The smallest absolute Gasteiger partial charge is 0.0893 e. The van der Waals surface area contributed by atoms with Gasteiger partial charge in [0.25, 0.3) is 0 Å². The zero-order valence-corrected chi connectivity index (χ0v) is 99.8. The average molecular weight is 1990 g/mol. The number of fused-ring (bicyclic) bond motifs is 18. The third-order valence-electron chi connectivity index (χ3n) is 36.5. The first kappa shape index (κ1) is 113. The normalized spacial score (nSPS) is 33.7. The zero-order chi connectivity index (χ0) is 107. The molecule has 4 aromatic heterocycles. The summed E-state index contributed by atoms with van der Waals surface area (Å²) in [5, 5.41) is 31.0. The lowest BCUT2D eigenvalue weighted by Gasteiger charge is -2.49. The molecule has 8 N–H and O–H groups in total. The van der Waals surface area contributed by atoms with Crippen LogP contribution in [0.3, 0.4) is 0 Å². The van der Waals surface area contributed by atoms with Crippen molar-refractivity contribution < 1.29 is 0 Å². The molecule has 0 saturated carbocycles. The van der Waals surface area contributed by atoms with Crippen molar-refractivity contribution in [3.63, 3.8) is 0 Å². The molecule has 10 saturated heterocycles. The van der Waals surface area contributed by atoms with E-state index in [0.717, 1.165) is 47.5 Å². The van der Waals surface area contributed by atoms with E-state index in [9.17, 15) is 0 Å². The maximum atomic E-state index is 4.82. The van der Waals surface area contributed by atoms with Crippen LogP contribution in [0.4, 0.5) is 22.7 Å². The fraction of sp³-hybridized carbons (Fsp3) is 0.748. The molecule has 18 heterocycles. The van der Waals surface area contributed by atoms with Crippen LogP contribution in [0.1, 0.15) is 400 Å². The summed E-state index contributed by atoms with van der Waals surface area (Å²) in [5.41, 5.74) is 15.3. The third-order valence-corrected chi connectivity index (χ3v) is 36.5. The van der Waals surface area contributed by atoms with Crippen LogP contribution in [0, 0.1) is 97.1 Å². The second kappa shape index (κ2) is 40.4. The zero-order valence-electron chi connectivity index (χ0n) is 99.8. The minimum absolute atomic E-state index is 0.0689. The van der Waals surface area contributed by atoms with E-state index in [0.29, 0.717) is 143 Å². The summed E-state index contributed by atoms with van der Waals surface area (Å²) >= 11 is 0. The quantitative estimate of drug-likeness (QED) is 0.0820. The number of nitrogens with zero attached hydrogens (tertiary/aromatic N) is 10. The van der Waals surface area contributed by atoms with E-state index in [-0.39, 0.29) is 66.5 Å². The molecule has 14 aliphatic rings. The van der Waals surface area contributed by atoms with E-state index in [2.05, 4.69) is 480 Å². The summed E-state index contributed by atoms with van der Waals surface area (Å²) in [7, 11) is 0. The maximum absolute atomic E-state index is 4.82. The van der Waals surface area contributed by atoms with E-state index in [1.165, 1.54) is 95.4 Å². The van der Waals surface area contributed by atoms with Gasteiger partial charge in [-0.3, -0.25) is 60.0 Å². The predicted molar refractivity (Wildman–Crippen MR) is 613 cm³/mol. The van der Waals surface area contributed by atoms with Crippen molar-refractivity contribution in [3.8, 4) is 0 Å². The SMILES string of the molecule is CC(C)(C)C1C(c2ccccc2)C2c3cnccc3NC2N1C(C)(C)C.CC(C)(C)C1C(c2ccccc2)C2c3ncccc3NC2N1C(C)(C)C.CC(C)(C)C1C2c3ncccc3NC2N(C(C)(C)C)C1C(C)(C)C.CC(C)C1C2C3CNCCC3NC2N(C(C)(C)C)C1C(C)(C)C.CC(C)C1C2C3NCCCC3NC2N(C(C)(C)C)C1C(C)(C)C.CC(C)C1C2c3ncccc3NC2N(C(C)(C)C)C1C(C)(C)C. The molecule has 0 bridgehead atoms. The van der Waals surface area contributed by atoms with Gasteiger partial charge < -0.3 is 31.9 Å². The Bertz CT molecular complexity index is 5080. The first-order valence-electron chi connectivity index (χ1n) is 57.4. The molecule has 18 heteroatoms. The van der Waals surface area contributed by atoms with Gasteiger partial charge in [-0.25, -0.2) is 0 Å². The van der Waals surface area contributed by atoms with Gasteiger partial charge >= 0.3 is 0 Å². The van der Waals surface area contributed by atoms with Crippen LogP contribution in [-0.4, -0.2) is 194 Å². The fourth-order valence-electron chi connectivity index (χ4n) is 32.6. The minimum Gasteiger partial charge on any atom is -0.369 e. The first-order valence-corrected chi connectivity index (χ1v) is 57.4. The Labute approximate surface area is 884 Å². The number of benzene rings is 2. The molecule has 0 aliphatic carbocycles. The molecule has 145 heavy (non-hydrogen) atoms. The van der Waals surface area contributed by atoms with Crippen LogP contribution >= 0.6 is 0 Å². The fourth-order valence-corrected chi connectivity index (χ4v) is 32.6. The molecule has 10 fully saturated rings. The van der Waals surface area contributed by atoms with Crippen LogP contribution < -0.4 is 42.5 Å². The van der Waals surface area contributed by atoms with Gasteiger partial charge in [-0.2, -0.15) is 0 Å².